The Labute approximate surface area is 124 Å². The summed E-state index contributed by atoms with van der Waals surface area (Å²) in [6, 6.07) is 7.02. The van der Waals surface area contributed by atoms with Crippen molar-refractivity contribution >= 4 is 17.5 Å². The fraction of sp³-hybridized carbons (Fsp3) is 0.467. The molecule has 1 aromatic carbocycles. The number of para-hydroxylation sites is 1. The number of nitrogens with zero attached hydrogens (tertiary/aromatic N) is 1. The van der Waals surface area contributed by atoms with E-state index in [1.165, 1.54) is 0 Å². The number of morpholine rings is 1. The van der Waals surface area contributed by atoms with Gasteiger partial charge in [-0.1, -0.05) is 19.1 Å². The highest BCUT2D eigenvalue weighted by Crippen LogP contribution is 2.15. The zero-order valence-corrected chi connectivity index (χ0v) is 12.2. The number of carbonyl (C=O) groups excluding carboxylic acids is 2. The average molecular weight is 291 g/mol. The van der Waals surface area contributed by atoms with Gasteiger partial charge in [-0.2, -0.15) is 0 Å². The second-order valence-corrected chi connectivity index (χ2v) is 4.84. The van der Waals surface area contributed by atoms with Crippen LogP contribution in [0.4, 0.5) is 5.69 Å². The van der Waals surface area contributed by atoms with Gasteiger partial charge in [0.15, 0.2) is 0 Å². The van der Waals surface area contributed by atoms with Gasteiger partial charge in [-0.3, -0.25) is 14.5 Å². The fourth-order valence-corrected chi connectivity index (χ4v) is 2.07. The molecule has 2 amide bonds. The van der Waals surface area contributed by atoms with Crippen LogP contribution in [0.1, 0.15) is 23.7 Å². The standard InChI is InChI=1S/C15H21N3O3/c1-2-14(19)17-13-6-4-3-5-12(13)15(20)16-11-18-7-9-21-10-8-18/h3-6H,2,7-11H2,1H3,(H,16,20)(H,17,19). The molecule has 2 rings (SSSR count). The van der Waals surface area contributed by atoms with Crippen LogP contribution >= 0.6 is 0 Å². The topological polar surface area (TPSA) is 70.7 Å². The Bertz CT molecular complexity index is 499. The Morgan fingerprint density at radius 2 is 1.95 bits per heavy atom. The summed E-state index contributed by atoms with van der Waals surface area (Å²) in [7, 11) is 0. The maximum absolute atomic E-state index is 12.3. The minimum absolute atomic E-state index is 0.108. The van der Waals surface area contributed by atoms with Gasteiger partial charge in [-0.15, -0.1) is 0 Å². The summed E-state index contributed by atoms with van der Waals surface area (Å²) in [5, 5.41) is 5.63. The molecule has 0 radical (unpaired) electrons. The Kier molecular flexibility index (Phi) is 5.71. The van der Waals surface area contributed by atoms with E-state index in [9.17, 15) is 9.59 Å². The van der Waals surface area contributed by atoms with Gasteiger partial charge in [0.05, 0.1) is 31.1 Å². The number of amides is 2. The first-order chi connectivity index (χ1) is 10.2. The number of rotatable bonds is 5. The van der Waals surface area contributed by atoms with Crippen LogP contribution in [0.2, 0.25) is 0 Å². The zero-order chi connectivity index (χ0) is 15.1. The Morgan fingerprint density at radius 1 is 1.24 bits per heavy atom. The van der Waals surface area contributed by atoms with Crippen molar-refractivity contribution in [2.24, 2.45) is 0 Å². The van der Waals surface area contributed by atoms with Crippen LogP contribution in [0.5, 0.6) is 0 Å². The third kappa shape index (κ3) is 4.54. The molecule has 1 aliphatic heterocycles. The predicted octanol–water partition coefficient (Wildman–Crippen LogP) is 1.05. The summed E-state index contributed by atoms with van der Waals surface area (Å²) in [6.45, 7) is 5.27. The molecule has 1 aromatic rings. The van der Waals surface area contributed by atoms with Gasteiger partial charge in [-0.25, -0.2) is 0 Å². The molecule has 0 saturated carbocycles. The molecular weight excluding hydrogens is 270 g/mol. The summed E-state index contributed by atoms with van der Waals surface area (Å²) in [4.78, 5) is 25.9. The quantitative estimate of drug-likeness (QED) is 0.851. The molecule has 0 spiro atoms. The largest absolute Gasteiger partial charge is 0.379 e. The highest BCUT2D eigenvalue weighted by molar-refractivity contribution is 6.03. The summed E-state index contributed by atoms with van der Waals surface area (Å²) in [5.41, 5.74) is 1.02. The lowest BCUT2D eigenvalue weighted by Gasteiger charge is -2.26. The van der Waals surface area contributed by atoms with E-state index in [0.29, 0.717) is 37.6 Å². The van der Waals surface area contributed by atoms with E-state index in [1.54, 1.807) is 31.2 Å². The minimum Gasteiger partial charge on any atom is -0.379 e. The average Bonchev–Trinajstić information content (AvgIpc) is 2.54. The van der Waals surface area contributed by atoms with Crippen molar-refractivity contribution in [3.8, 4) is 0 Å². The normalized spacial score (nSPS) is 15.5. The van der Waals surface area contributed by atoms with Crippen LogP contribution in [-0.2, 0) is 9.53 Å². The molecule has 1 heterocycles. The van der Waals surface area contributed by atoms with E-state index in [4.69, 9.17) is 4.74 Å². The van der Waals surface area contributed by atoms with Crippen LogP contribution in [0.3, 0.4) is 0 Å². The van der Waals surface area contributed by atoms with Crippen molar-refractivity contribution in [1.82, 2.24) is 10.2 Å². The summed E-state index contributed by atoms with van der Waals surface area (Å²) in [6.07, 6.45) is 0.379. The molecule has 2 N–H and O–H groups in total. The van der Waals surface area contributed by atoms with Crippen LogP contribution in [0, 0.1) is 0 Å². The lowest BCUT2D eigenvalue weighted by Crippen LogP contribution is -2.43. The first-order valence-corrected chi connectivity index (χ1v) is 7.18. The molecule has 114 valence electrons. The molecule has 1 saturated heterocycles. The van der Waals surface area contributed by atoms with Crippen LogP contribution in [0.15, 0.2) is 24.3 Å². The molecule has 1 aliphatic rings. The van der Waals surface area contributed by atoms with Gasteiger partial charge in [0.1, 0.15) is 0 Å². The lowest BCUT2D eigenvalue weighted by atomic mass is 10.1. The van der Waals surface area contributed by atoms with Gasteiger partial charge in [0.2, 0.25) is 5.91 Å². The van der Waals surface area contributed by atoms with Crippen molar-refractivity contribution in [1.29, 1.82) is 0 Å². The molecule has 1 fully saturated rings. The third-order valence-electron chi connectivity index (χ3n) is 3.33. The van der Waals surface area contributed by atoms with Crippen LogP contribution in [-0.4, -0.2) is 49.7 Å². The van der Waals surface area contributed by atoms with Crippen molar-refractivity contribution in [3.63, 3.8) is 0 Å². The van der Waals surface area contributed by atoms with Gasteiger partial charge in [0, 0.05) is 19.5 Å². The Hall–Kier alpha value is -1.92. The molecule has 0 atom stereocenters. The van der Waals surface area contributed by atoms with E-state index in [-0.39, 0.29) is 11.8 Å². The smallest absolute Gasteiger partial charge is 0.254 e. The molecule has 0 bridgehead atoms. The van der Waals surface area contributed by atoms with Crippen molar-refractivity contribution < 1.29 is 14.3 Å². The van der Waals surface area contributed by atoms with Crippen molar-refractivity contribution in [2.75, 3.05) is 38.3 Å². The zero-order valence-electron chi connectivity index (χ0n) is 12.2. The second-order valence-electron chi connectivity index (χ2n) is 4.84. The number of anilines is 1. The first-order valence-electron chi connectivity index (χ1n) is 7.18. The number of hydrogen-bond donors (Lipinski definition) is 2. The van der Waals surface area contributed by atoms with E-state index in [2.05, 4.69) is 15.5 Å². The van der Waals surface area contributed by atoms with Gasteiger partial charge < -0.3 is 15.4 Å². The molecule has 0 unspecified atom stereocenters. The molecule has 21 heavy (non-hydrogen) atoms. The molecule has 0 aromatic heterocycles. The first kappa shape index (κ1) is 15.5. The van der Waals surface area contributed by atoms with E-state index in [1.807, 2.05) is 0 Å². The van der Waals surface area contributed by atoms with Gasteiger partial charge in [0.25, 0.3) is 5.91 Å². The molecule has 6 nitrogen and oxygen atoms in total. The number of benzene rings is 1. The summed E-state index contributed by atoms with van der Waals surface area (Å²) >= 11 is 0. The number of ether oxygens (including phenoxy) is 1. The Balaban J connectivity index is 1.96. The number of hydrogen-bond acceptors (Lipinski definition) is 4. The van der Waals surface area contributed by atoms with Crippen LogP contribution in [0.25, 0.3) is 0 Å². The van der Waals surface area contributed by atoms with Crippen molar-refractivity contribution in [3.05, 3.63) is 29.8 Å². The summed E-state index contributed by atoms with van der Waals surface area (Å²) in [5.74, 6) is -0.295. The third-order valence-corrected chi connectivity index (χ3v) is 3.33. The number of nitrogens with one attached hydrogen (secondary N) is 2. The molecular formula is C15H21N3O3. The van der Waals surface area contributed by atoms with E-state index in [0.717, 1.165) is 13.1 Å². The maximum atomic E-state index is 12.3. The van der Waals surface area contributed by atoms with Gasteiger partial charge in [-0.05, 0) is 12.1 Å². The highest BCUT2D eigenvalue weighted by Gasteiger charge is 2.15. The van der Waals surface area contributed by atoms with E-state index >= 15 is 0 Å². The predicted molar refractivity (Wildman–Crippen MR) is 80.1 cm³/mol. The minimum atomic E-state index is -0.187. The van der Waals surface area contributed by atoms with Gasteiger partial charge >= 0.3 is 0 Å². The summed E-state index contributed by atoms with van der Waals surface area (Å²) < 4.78 is 5.26. The molecule has 6 heteroatoms. The maximum Gasteiger partial charge on any atom is 0.254 e. The monoisotopic (exact) mass is 291 g/mol. The second kappa shape index (κ2) is 7.75. The number of carbonyl (C=O) groups is 2. The van der Waals surface area contributed by atoms with Crippen molar-refractivity contribution in [2.45, 2.75) is 13.3 Å². The highest BCUT2D eigenvalue weighted by atomic mass is 16.5. The van der Waals surface area contributed by atoms with E-state index < -0.39 is 0 Å². The van der Waals surface area contributed by atoms with Crippen LogP contribution < -0.4 is 10.6 Å². The fourth-order valence-electron chi connectivity index (χ4n) is 2.07. The Morgan fingerprint density at radius 3 is 2.67 bits per heavy atom. The molecule has 0 aliphatic carbocycles. The SMILES string of the molecule is CCC(=O)Nc1ccccc1C(=O)NCN1CCOCC1. The lowest BCUT2D eigenvalue weighted by molar-refractivity contribution is -0.115.